The van der Waals surface area contributed by atoms with Crippen LogP contribution in [0.3, 0.4) is 0 Å². The van der Waals surface area contributed by atoms with Crippen molar-refractivity contribution in [3.05, 3.63) is 72.2 Å². The molecule has 0 saturated heterocycles. The van der Waals surface area contributed by atoms with Crippen LogP contribution in [0.4, 0.5) is 11.4 Å². The Labute approximate surface area is 165 Å². The molecule has 1 amide bonds. The number of aryl methyl sites for hydroxylation is 2. The number of nitrogens with one attached hydrogen (secondary N) is 1. The Hall–Kier alpha value is -3.21. The third-order valence-corrected chi connectivity index (χ3v) is 5.17. The molecule has 2 heterocycles. The summed E-state index contributed by atoms with van der Waals surface area (Å²) in [6.07, 6.45) is 3.77. The lowest BCUT2D eigenvalue weighted by Gasteiger charge is -2.35. The summed E-state index contributed by atoms with van der Waals surface area (Å²) in [4.78, 5) is 23.5. The molecule has 1 aliphatic rings. The van der Waals surface area contributed by atoms with E-state index in [4.69, 9.17) is 0 Å². The van der Waals surface area contributed by atoms with Crippen molar-refractivity contribution in [1.29, 1.82) is 0 Å². The molecule has 142 valence electrons. The van der Waals surface area contributed by atoms with Crippen molar-refractivity contribution in [2.75, 3.05) is 16.8 Å². The van der Waals surface area contributed by atoms with E-state index >= 15 is 0 Å². The second-order valence-corrected chi connectivity index (χ2v) is 7.20. The zero-order valence-electron chi connectivity index (χ0n) is 16.2. The number of rotatable bonds is 4. The van der Waals surface area contributed by atoms with Gasteiger partial charge in [-0.2, -0.15) is 0 Å². The van der Waals surface area contributed by atoms with Crippen LogP contribution in [0.25, 0.3) is 11.3 Å². The van der Waals surface area contributed by atoms with E-state index in [0.717, 1.165) is 41.3 Å². The van der Waals surface area contributed by atoms with Crippen molar-refractivity contribution in [3.8, 4) is 11.3 Å². The minimum atomic E-state index is 0.0860. The van der Waals surface area contributed by atoms with Crippen molar-refractivity contribution >= 4 is 17.3 Å². The fourth-order valence-corrected chi connectivity index (χ4v) is 3.74. The highest BCUT2D eigenvalue weighted by atomic mass is 16.2. The van der Waals surface area contributed by atoms with Gasteiger partial charge < -0.3 is 10.2 Å². The zero-order valence-corrected chi connectivity index (χ0v) is 16.2. The number of carbonyl (C=O) groups excluding carboxylic acids is 1. The predicted octanol–water partition coefficient (Wildman–Crippen LogP) is 4.23. The van der Waals surface area contributed by atoms with E-state index in [0.29, 0.717) is 0 Å². The topological polar surface area (TPSA) is 58.1 Å². The summed E-state index contributed by atoms with van der Waals surface area (Å²) in [5.41, 5.74) is 5.06. The van der Waals surface area contributed by atoms with Crippen LogP contribution in [0.5, 0.6) is 0 Å². The number of benzene rings is 2. The molecule has 3 aromatic rings. The van der Waals surface area contributed by atoms with Gasteiger partial charge in [0.1, 0.15) is 5.82 Å². The van der Waals surface area contributed by atoms with Gasteiger partial charge in [-0.15, -0.1) is 0 Å². The Morgan fingerprint density at radius 3 is 2.89 bits per heavy atom. The monoisotopic (exact) mass is 372 g/mol. The minimum Gasteiger partial charge on any atom is -0.376 e. The SMILES string of the molecule is Cc1nccc(-c2cccc(NCC(=O)N3c4ccccc4CC[C@H]3C)c2)n1. The second-order valence-electron chi connectivity index (χ2n) is 7.20. The molecule has 4 rings (SSSR count). The minimum absolute atomic E-state index is 0.0860. The molecule has 0 saturated carbocycles. The summed E-state index contributed by atoms with van der Waals surface area (Å²) in [5, 5.41) is 3.28. The molecular weight excluding hydrogens is 348 g/mol. The standard InChI is InChI=1S/C23H24N4O/c1-16-10-11-18-6-3-4-9-22(18)27(16)23(28)15-25-20-8-5-7-19(14-20)21-12-13-24-17(2)26-21/h3-9,12-14,16,25H,10-11,15H2,1-2H3/t16-/m1/s1. The summed E-state index contributed by atoms with van der Waals surface area (Å²) < 4.78 is 0. The van der Waals surface area contributed by atoms with Gasteiger partial charge in [-0.25, -0.2) is 9.97 Å². The fraction of sp³-hybridized carbons (Fsp3) is 0.261. The van der Waals surface area contributed by atoms with Gasteiger partial charge in [0.2, 0.25) is 5.91 Å². The maximum absolute atomic E-state index is 13.0. The molecule has 28 heavy (non-hydrogen) atoms. The lowest BCUT2D eigenvalue weighted by atomic mass is 9.96. The van der Waals surface area contributed by atoms with Gasteiger partial charge in [0, 0.05) is 29.2 Å². The maximum Gasteiger partial charge on any atom is 0.246 e. The molecule has 0 spiro atoms. The molecule has 1 atom stereocenters. The van der Waals surface area contributed by atoms with Crippen LogP contribution < -0.4 is 10.2 Å². The van der Waals surface area contributed by atoms with E-state index in [1.807, 2.05) is 60.4 Å². The normalized spacial score (nSPS) is 15.8. The summed E-state index contributed by atoms with van der Waals surface area (Å²) in [5.74, 6) is 0.826. The first-order valence-corrected chi connectivity index (χ1v) is 9.66. The van der Waals surface area contributed by atoms with E-state index in [1.54, 1.807) is 6.20 Å². The number of anilines is 2. The molecule has 5 nitrogen and oxygen atoms in total. The van der Waals surface area contributed by atoms with Crippen LogP contribution >= 0.6 is 0 Å². The quantitative estimate of drug-likeness (QED) is 0.744. The van der Waals surface area contributed by atoms with Crippen LogP contribution in [-0.2, 0) is 11.2 Å². The summed E-state index contributed by atoms with van der Waals surface area (Å²) in [6, 6.07) is 18.3. The first-order valence-electron chi connectivity index (χ1n) is 9.66. The number of aromatic nitrogens is 2. The molecule has 1 aromatic heterocycles. The van der Waals surface area contributed by atoms with Gasteiger partial charge in [-0.3, -0.25) is 4.79 Å². The molecule has 0 radical (unpaired) electrons. The summed E-state index contributed by atoms with van der Waals surface area (Å²) in [7, 11) is 0. The fourth-order valence-electron chi connectivity index (χ4n) is 3.74. The molecule has 0 bridgehead atoms. The maximum atomic E-state index is 13.0. The van der Waals surface area contributed by atoms with E-state index in [9.17, 15) is 4.79 Å². The van der Waals surface area contributed by atoms with Gasteiger partial charge in [-0.05, 0) is 56.5 Å². The number of para-hydroxylation sites is 1. The Bertz CT molecular complexity index is 1000. The number of nitrogens with zero attached hydrogens (tertiary/aromatic N) is 3. The molecular formula is C23H24N4O. The second kappa shape index (κ2) is 7.80. The molecule has 0 aliphatic carbocycles. The average molecular weight is 372 g/mol. The number of carbonyl (C=O) groups is 1. The summed E-state index contributed by atoms with van der Waals surface area (Å²) in [6.45, 7) is 4.25. The highest BCUT2D eigenvalue weighted by molar-refractivity contribution is 5.97. The van der Waals surface area contributed by atoms with Crippen LogP contribution in [0.1, 0.15) is 24.7 Å². The first kappa shape index (κ1) is 18.2. The largest absolute Gasteiger partial charge is 0.376 e. The van der Waals surface area contributed by atoms with E-state index < -0.39 is 0 Å². The first-order chi connectivity index (χ1) is 13.6. The van der Waals surface area contributed by atoms with Crippen molar-refractivity contribution < 1.29 is 4.79 Å². The Morgan fingerprint density at radius 1 is 1.18 bits per heavy atom. The van der Waals surface area contributed by atoms with Crippen LogP contribution in [0.15, 0.2) is 60.8 Å². The van der Waals surface area contributed by atoms with Crippen molar-refractivity contribution in [3.63, 3.8) is 0 Å². The lowest BCUT2D eigenvalue weighted by Crippen LogP contribution is -2.44. The number of amides is 1. The van der Waals surface area contributed by atoms with Crippen molar-refractivity contribution in [2.24, 2.45) is 0 Å². The molecule has 1 N–H and O–H groups in total. The van der Waals surface area contributed by atoms with Crippen molar-refractivity contribution in [1.82, 2.24) is 9.97 Å². The predicted molar refractivity (Wildman–Crippen MR) is 112 cm³/mol. The zero-order chi connectivity index (χ0) is 19.5. The third kappa shape index (κ3) is 3.74. The molecule has 0 fully saturated rings. The van der Waals surface area contributed by atoms with Gasteiger partial charge in [0.15, 0.2) is 0 Å². The number of hydrogen-bond acceptors (Lipinski definition) is 4. The van der Waals surface area contributed by atoms with Crippen LogP contribution in [0, 0.1) is 6.92 Å². The van der Waals surface area contributed by atoms with Crippen LogP contribution in [-0.4, -0.2) is 28.5 Å². The molecule has 5 heteroatoms. The smallest absolute Gasteiger partial charge is 0.246 e. The van der Waals surface area contributed by atoms with Gasteiger partial charge in [0.25, 0.3) is 0 Å². The molecule has 1 aliphatic heterocycles. The Morgan fingerprint density at radius 2 is 2.04 bits per heavy atom. The van der Waals surface area contributed by atoms with Crippen molar-refractivity contribution in [2.45, 2.75) is 32.7 Å². The third-order valence-electron chi connectivity index (χ3n) is 5.17. The lowest BCUT2D eigenvalue weighted by molar-refractivity contribution is -0.117. The summed E-state index contributed by atoms with van der Waals surface area (Å²) >= 11 is 0. The highest BCUT2D eigenvalue weighted by Gasteiger charge is 2.27. The van der Waals surface area contributed by atoms with Crippen LogP contribution in [0.2, 0.25) is 0 Å². The van der Waals surface area contributed by atoms with E-state index in [-0.39, 0.29) is 18.5 Å². The highest BCUT2D eigenvalue weighted by Crippen LogP contribution is 2.30. The Balaban J connectivity index is 1.49. The average Bonchev–Trinajstić information content (AvgIpc) is 2.72. The molecule has 2 aromatic carbocycles. The molecule has 0 unspecified atom stereocenters. The van der Waals surface area contributed by atoms with Gasteiger partial charge in [-0.1, -0.05) is 30.3 Å². The van der Waals surface area contributed by atoms with E-state index in [2.05, 4.69) is 28.3 Å². The van der Waals surface area contributed by atoms with Gasteiger partial charge in [0.05, 0.1) is 12.2 Å². The van der Waals surface area contributed by atoms with E-state index in [1.165, 1.54) is 5.56 Å². The number of hydrogen-bond donors (Lipinski definition) is 1. The Kier molecular flexibility index (Phi) is 5.06. The van der Waals surface area contributed by atoms with Gasteiger partial charge >= 0.3 is 0 Å². The number of fused-ring (bicyclic) bond motifs is 1.